The van der Waals surface area contributed by atoms with Crippen molar-refractivity contribution in [2.45, 2.75) is 32.1 Å². The van der Waals surface area contributed by atoms with Gasteiger partial charge in [0.05, 0.1) is 5.56 Å². The van der Waals surface area contributed by atoms with Crippen LogP contribution in [0.1, 0.15) is 53.0 Å². The predicted octanol–water partition coefficient (Wildman–Crippen LogP) is 3.44. The van der Waals surface area contributed by atoms with E-state index in [1.807, 2.05) is 12.1 Å². The summed E-state index contributed by atoms with van der Waals surface area (Å²) in [5, 5.41) is 5.50. The summed E-state index contributed by atoms with van der Waals surface area (Å²) in [5.41, 5.74) is 2.82. The molecule has 0 aliphatic heterocycles. The number of aromatic nitrogens is 1. The highest BCUT2D eigenvalue weighted by molar-refractivity contribution is 6.05. The molecule has 1 aromatic heterocycles. The fourth-order valence-electron chi connectivity index (χ4n) is 3.44. The summed E-state index contributed by atoms with van der Waals surface area (Å²) in [4.78, 5) is 36.5. The maximum absolute atomic E-state index is 12.5. The van der Waals surface area contributed by atoms with Crippen molar-refractivity contribution in [2.75, 3.05) is 18.5 Å². The first-order valence-electron chi connectivity index (χ1n) is 10.2. The number of rotatable bonds is 8. The van der Waals surface area contributed by atoms with Crippen LogP contribution < -0.4 is 10.6 Å². The number of imide groups is 1. The number of anilines is 1. The summed E-state index contributed by atoms with van der Waals surface area (Å²) in [6.07, 6.45) is 9.73. The van der Waals surface area contributed by atoms with E-state index in [4.69, 9.17) is 4.74 Å². The molecule has 158 valence electrons. The summed E-state index contributed by atoms with van der Waals surface area (Å²) >= 11 is 0. The Morgan fingerprint density at radius 2 is 1.93 bits per heavy atom. The standard InChI is InChI=1S/C23H27N3O4/c1-26-15-7-12-20(26)22(28)25-21(27)16-30-23(29)18-10-5-6-11-19(18)24-14-13-17-8-3-2-4-9-17/h5-8,10-12,15,24H,2-4,9,13-14,16H2,1H3,(H,25,27,28). The van der Waals surface area contributed by atoms with Crippen LogP contribution in [0.25, 0.3) is 0 Å². The molecular formula is C23H27N3O4. The molecule has 0 atom stereocenters. The van der Waals surface area contributed by atoms with Gasteiger partial charge >= 0.3 is 5.97 Å². The van der Waals surface area contributed by atoms with Crippen LogP contribution in [0.15, 0.2) is 54.2 Å². The third-order valence-electron chi connectivity index (χ3n) is 5.06. The van der Waals surface area contributed by atoms with E-state index < -0.39 is 24.4 Å². The van der Waals surface area contributed by atoms with Crippen molar-refractivity contribution in [2.24, 2.45) is 7.05 Å². The van der Waals surface area contributed by atoms with Crippen molar-refractivity contribution < 1.29 is 19.1 Å². The SMILES string of the molecule is Cn1cccc1C(=O)NC(=O)COC(=O)c1ccccc1NCCC1=CCCCC1. The average molecular weight is 409 g/mol. The number of benzene rings is 1. The van der Waals surface area contributed by atoms with E-state index in [1.165, 1.54) is 18.4 Å². The molecule has 1 heterocycles. The number of esters is 1. The lowest BCUT2D eigenvalue weighted by Gasteiger charge is -2.15. The molecule has 0 spiro atoms. The van der Waals surface area contributed by atoms with Crippen molar-refractivity contribution >= 4 is 23.5 Å². The van der Waals surface area contributed by atoms with Gasteiger partial charge in [0.2, 0.25) is 0 Å². The van der Waals surface area contributed by atoms with E-state index in [0.717, 1.165) is 25.8 Å². The van der Waals surface area contributed by atoms with E-state index in [1.54, 1.807) is 42.1 Å². The van der Waals surface area contributed by atoms with Gasteiger partial charge in [-0.05, 0) is 56.4 Å². The monoisotopic (exact) mass is 409 g/mol. The quantitative estimate of drug-likeness (QED) is 0.515. The zero-order chi connectivity index (χ0) is 21.3. The lowest BCUT2D eigenvalue weighted by Crippen LogP contribution is -2.35. The molecule has 7 heteroatoms. The molecule has 0 saturated carbocycles. The number of nitrogens with one attached hydrogen (secondary N) is 2. The van der Waals surface area contributed by atoms with Gasteiger partial charge in [-0.2, -0.15) is 0 Å². The minimum absolute atomic E-state index is 0.345. The van der Waals surface area contributed by atoms with E-state index in [2.05, 4.69) is 16.7 Å². The maximum atomic E-state index is 12.5. The largest absolute Gasteiger partial charge is 0.452 e. The predicted molar refractivity (Wildman–Crippen MR) is 114 cm³/mol. The number of amides is 2. The van der Waals surface area contributed by atoms with E-state index >= 15 is 0 Å². The Kier molecular flexibility index (Phi) is 7.43. The maximum Gasteiger partial charge on any atom is 0.340 e. The van der Waals surface area contributed by atoms with Crippen molar-refractivity contribution in [1.29, 1.82) is 0 Å². The highest BCUT2D eigenvalue weighted by atomic mass is 16.5. The van der Waals surface area contributed by atoms with Crippen LogP contribution in [0.3, 0.4) is 0 Å². The second-order valence-electron chi connectivity index (χ2n) is 7.29. The van der Waals surface area contributed by atoms with Crippen LogP contribution in [0.5, 0.6) is 0 Å². The van der Waals surface area contributed by atoms with Gasteiger partial charge in [-0.15, -0.1) is 0 Å². The molecule has 3 rings (SSSR count). The van der Waals surface area contributed by atoms with Gasteiger partial charge in [-0.1, -0.05) is 23.8 Å². The van der Waals surface area contributed by atoms with Gasteiger partial charge in [0.25, 0.3) is 11.8 Å². The molecule has 0 radical (unpaired) electrons. The summed E-state index contributed by atoms with van der Waals surface area (Å²) in [6.45, 7) is 0.192. The zero-order valence-corrected chi connectivity index (χ0v) is 17.1. The van der Waals surface area contributed by atoms with Gasteiger partial charge in [-0.3, -0.25) is 14.9 Å². The molecule has 0 unspecified atom stereocenters. The minimum atomic E-state index is -0.677. The average Bonchev–Trinajstić information content (AvgIpc) is 3.19. The topological polar surface area (TPSA) is 89.4 Å². The number of para-hydroxylation sites is 1. The number of hydrogen-bond acceptors (Lipinski definition) is 5. The van der Waals surface area contributed by atoms with Crippen molar-refractivity contribution in [3.8, 4) is 0 Å². The number of ether oxygens (including phenoxy) is 1. The molecule has 2 N–H and O–H groups in total. The molecule has 0 bridgehead atoms. The number of hydrogen-bond donors (Lipinski definition) is 2. The van der Waals surface area contributed by atoms with Gasteiger partial charge in [0.15, 0.2) is 6.61 Å². The van der Waals surface area contributed by atoms with E-state index in [9.17, 15) is 14.4 Å². The summed E-state index contributed by atoms with van der Waals surface area (Å²) in [6, 6.07) is 10.3. The Bertz CT molecular complexity index is 945. The fraction of sp³-hybridized carbons (Fsp3) is 0.348. The normalized spacial score (nSPS) is 13.3. The Balaban J connectivity index is 1.50. The van der Waals surface area contributed by atoms with Crippen LogP contribution in [0.4, 0.5) is 5.69 Å². The second kappa shape index (κ2) is 10.4. The number of carbonyl (C=O) groups is 3. The van der Waals surface area contributed by atoms with Crippen LogP contribution >= 0.6 is 0 Å². The Hall–Kier alpha value is -3.35. The Labute approximate surface area is 176 Å². The molecule has 7 nitrogen and oxygen atoms in total. The molecule has 2 amide bonds. The lowest BCUT2D eigenvalue weighted by molar-refractivity contribution is -0.123. The molecular weight excluding hydrogens is 382 g/mol. The third-order valence-corrected chi connectivity index (χ3v) is 5.06. The smallest absolute Gasteiger partial charge is 0.340 e. The van der Waals surface area contributed by atoms with Crippen LogP contribution in [-0.4, -0.2) is 35.5 Å². The van der Waals surface area contributed by atoms with Crippen LogP contribution in [0, 0.1) is 0 Å². The van der Waals surface area contributed by atoms with Gasteiger partial charge in [-0.25, -0.2) is 4.79 Å². The first kappa shape index (κ1) is 21.4. The van der Waals surface area contributed by atoms with Crippen LogP contribution in [-0.2, 0) is 16.6 Å². The number of aryl methyl sites for hydroxylation is 1. The molecule has 0 fully saturated rings. The number of nitrogens with zero attached hydrogens (tertiary/aromatic N) is 1. The Morgan fingerprint density at radius 1 is 1.10 bits per heavy atom. The zero-order valence-electron chi connectivity index (χ0n) is 17.1. The molecule has 2 aromatic rings. The molecule has 1 aliphatic carbocycles. The Morgan fingerprint density at radius 3 is 2.67 bits per heavy atom. The molecule has 1 aromatic carbocycles. The van der Waals surface area contributed by atoms with Crippen molar-refractivity contribution in [1.82, 2.24) is 9.88 Å². The third kappa shape index (κ3) is 5.83. The van der Waals surface area contributed by atoms with Gasteiger partial charge in [0, 0.05) is 25.5 Å². The fourth-order valence-corrected chi connectivity index (χ4v) is 3.44. The van der Waals surface area contributed by atoms with E-state index in [-0.39, 0.29) is 0 Å². The minimum Gasteiger partial charge on any atom is -0.452 e. The van der Waals surface area contributed by atoms with Gasteiger partial charge in [0.1, 0.15) is 5.69 Å². The molecule has 0 saturated heterocycles. The first-order chi connectivity index (χ1) is 14.5. The summed E-state index contributed by atoms with van der Waals surface area (Å²) in [5.74, 6) is -1.83. The number of allylic oxidation sites excluding steroid dienone is 1. The van der Waals surface area contributed by atoms with Gasteiger partial charge < -0.3 is 14.6 Å². The number of carbonyl (C=O) groups excluding carboxylic acids is 3. The highest BCUT2D eigenvalue weighted by Gasteiger charge is 2.17. The molecule has 30 heavy (non-hydrogen) atoms. The second-order valence-corrected chi connectivity index (χ2v) is 7.29. The lowest BCUT2D eigenvalue weighted by atomic mass is 9.97. The highest BCUT2D eigenvalue weighted by Crippen LogP contribution is 2.21. The van der Waals surface area contributed by atoms with Crippen LogP contribution in [0.2, 0.25) is 0 Å². The summed E-state index contributed by atoms with van der Waals surface area (Å²) < 4.78 is 6.71. The van der Waals surface area contributed by atoms with Crippen molar-refractivity contribution in [3.63, 3.8) is 0 Å². The first-order valence-corrected chi connectivity index (χ1v) is 10.2. The van der Waals surface area contributed by atoms with E-state index in [0.29, 0.717) is 16.9 Å². The molecule has 1 aliphatic rings. The summed E-state index contributed by atoms with van der Waals surface area (Å²) in [7, 11) is 1.70. The van der Waals surface area contributed by atoms with Crippen molar-refractivity contribution in [3.05, 3.63) is 65.5 Å².